The second-order valence-corrected chi connectivity index (χ2v) is 6.24. The molecule has 0 aliphatic carbocycles. The number of anilines is 1. The van der Waals surface area contributed by atoms with E-state index >= 15 is 0 Å². The highest BCUT2D eigenvalue weighted by Crippen LogP contribution is 2.21. The molecule has 9 heteroatoms. The summed E-state index contributed by atoms with van der Waals surface area (Å²) in [4.78, 5) is 13.9. The van der Waals surface area contributed by atoms with Crippen molar-refractivity contribution >= 4 is 21.8 Å². The van der Waals surface area contributed by atoms with Crippen molar-refractivity contribution in [3.05, 3.63) is 23.8 Å². The van der Waals surface area contributed by atoms with E-state index in [4.69, 9.17) is 15.6 Å². The summed E-state index contributed by atoms with van der Waals surface area (Å²) in [5.41, 5.74) is 6.55. The molecule has 1 heterocycles. The molecule has 1 aliphatic heterocycles. The van der Waals surface area contributed by atoms with Crippen molar-refractivity contribution in [3.63, 3.8) is 0 Å². The molecule has 1 fully saturated rings. The van der Waals surface area contributed by atoms with E-state index in [1.807, 2.05) is 0 Å². The van der Waals surface area contributed by atoms with Gasteiger partial charge in [0.15, 0.2) is 0 Å². The van der Waals surface area contributed by atoms with Crippen LogP contribution in [0, 0.1) is 0 Å². The number of benzene rings is 1. The molecule has 21 heavy (non-hydrogen) atoms. The van der Waals surface area contributed by atoms with Gasteiger partial charge in [0.1, 0.15) is 5.75 Å². The van der Waals surface area contributed by atoms with Crippen LogP contribution in [-0.2, 0) is 10.2 Å². The summed E-state index contributed by atoms with van der Waals surface area (Å²) in [6.45, 7) is 0.919. The Balaban J connectivity index is 2.09. The van der Waals surface area contributed by atoms with E-state index < -0.39 is 10.2 Å². The standard InChI is InChI=1S/C12H18N4O4S/c1-20-9-2-3-10(11(13)8-9)12(17)15-4-6-16(7-5-15)21(14,18)19/h2-3,8H,4-7,13H2,1H3,(H2,14,18,19). The molecule has 0 radical (unpaired) electrons. The van der Waals surface area contributed by atoms with Crippen molar-refractivity contribution in [2.24, 2.45) is 5.14 Å². The zero-order chi connectivity index (χ0) is 15.6. The van der Waals surface area contributed by atoms with Gasteiger partial charge in [0.25, 0.3) is 16.1 Å². The second-order valence-electron chi connectivity index (χ2n) is 4.69. The lowest BCUT2D eigenvalue weighted by Gasteiger charge is -2.33. The Morgan fingerprint density at radius 1 is 1.24 bits per heavy atom. The minimum absolute atomic E-state index is 0.181. The van der Waals surface area contributed by atoms with Crippen molar-refractivity contribution < 1.29 is 17.9 Å². The van der Waals surface area contributed by atoms with Crippen LogP contribution in [-0.4, -0.2) is 56.8 Å². The van der Waals surface area contributed by atoms with E-state index in [9.17, 15) is 13.2 Å². The minimum atomic E-state index is -3.70. The number of hydrogen-bond acceptors (Lipinski definition) is 5. The number of amides is 1. The van der Waals surface area contributed by atoms with Gasteiger partial charge in [0, 0.05) is 37.9 Å². The van der Waals surface area contributed by atoms with E-state index in [0.29, 0.717) is 17.0 Å². The second kappa shape index (κ2) is 5.88. The zero-order valence-electron chi connectivity index (χ0n) is 11.7. The maximum absolute atomic E-state index is 12.4. The highest BCUT2D eigenvalue weighted by molar-refractivity contribution is 7.86. The number of ether oxygens (including phenoxy) is 1. The van der Waals surface area contributed by atoms with Gasteiger partial charge in [-0.15, -0.1) is 0 Å². The number of hydrogen-bond donors (Lipinski definition) is 2. The van der Waals surface area contributed by atoms with Crippen LogP contribution in [0.15, 0.2) is 18.2 Å². The number of nitrogens with zero attached hydrogens (tertiary/aromatic N) is 2. The summed E-state index contributed by atoms with van der Waals surface area (Å²) < 4.78 is 28.6. The van der Waals surface area contributed by atoms with Crippen LogP contribution < -0.4 is 15.6 Å². The number of carbonyl (C=O) groups excluding carboxylic acids is 1. The van der Waals surface area contributed by atoms with Gasteiger partial charge in [-0.05, 0) is 12.1 Å². The van der Waals surface area contributed by atoms with Gasteiger partial charge in [-0.3, -0.25) is 4.79 Å². The minimum Gasteiger partial charge on any atom is -0.497 e. The van der Waals surface area contributed by atoms with E-state index in [-0.39, 0.29) is 32.1 Å². The Hall–Kier alpha value is -1.84. The van der Waals surface area contributed by atoms with Gasteiger partial charge in [-0.1, -0.05) is 0 Å². The quantitative estimate of drug-likeness (QED) is 0.711. The van der Waals surface area contributed by atoms with Gasteiger partial charge in [0.05, 0.1) is 12.7 Å². The Morgan fingerprint density at radius 2 is 1.86 bits per heavy atom. The number of nitrogens with two attached hydrogens (primary N) is 2. The molecule has 1 aromatic carbocycles. The first-order valence-corrected chi connectivity index (χ1v) is 7.84. The van der Waals surface area contributed by atoms with E-state index in [2.05, 4.69) is 0 Å². The molecular weight excluding hydrogens is 296 g/mol. The lowest BCUT2D eigenvalue weighted by Crippen LogP contribution is -2.52. The van der Waals surface area contributed by atoms with Gasteiger partial charge in [-0.25, -0.2) is 5.14 Å². The molecule has 1 amide bonds. The highest BCUT2D eigenvalue weighted by atomic mass is 32.2. The molecule has 0 aromatic heterocycles. The zero-order valence-corrected chi connectivity index (χ0v) is 12.5. The number of carbonyl (C=O) groups is 1. The first kappa shape index (κ1) is 15.5. The van der Waals surface area contributed by atoms with Crippen LogP contribution in [0.25, 0.3) is 0 Å². The smallest absolute Gasteiger partial charge is 0.277 e. The summed E-state index contributed by atoms with van der Waals surface area (Å²) in [6, 6.07) is 4.83. The molecule has 0 atom stereocenters. The largest absolute Gasteiger partial charge is 0.497 e. The Kier molecular flexibility index (Phi) is 4.35. The first-order valence-electron chi connectivity index (χ1n) is 6.33. The van der Waals surface area contributed by atoms with Gasteiger partial charge in [-0.2, -0.15) is 12.7 Å². The highest BCUT2D eigenvalue weighted by Gasteiger charge is 2.27. The molecule has 2 rings (SSSR count). The van der Waals surface area contributed by atoms with Crippen molar-refractivity contribution in [1.29, 1.82) is 0 Å². The Labute approximate surface area is 123 Å². The fraction of sp³-hybridized carbons (Fsp3) is 0.417. The lowest BCUT2D eigenvalue weighted by molar-refractivity contribution is 0.0699. The molecule has 0 bridgehead atoms. The maximum atomic E-state index is 12.4. The van der Waals surface area contributed by atoms with E-state index in [0.717, 1.165) is 4.31 Å². The molecule has 1 aliphatic rings. The summed E-state index contributed by atoms with van der Waals surface area (Å²) >= 11 is 0. The summed E-state index contributed by atoms with van der Waals surface area (Å²) in [6.07, 6.45) is 0. The van der Waals surface area contributed by atoms with Crippen LogP contribution in [0.2, 0.25) is 0 Å². The van der Waals surface area contributed by atoms with Crippen molar-refractivity contribution in [3.8, 4) is 5.75 Å². The van der Waals surface area contributed by atoms with Crippen LogP contribution in [0.5, 0.6) is 5.75 Å². The SMILES string of the molecule is COc1ccc(C(=O)N2CCN(S(N)(=O)=O)CC2)c(N)c1. The fourth-order valence-corrected chi connectivity index (χ4v) is 2.85. The summed E-state index contributed by atoms with van der Waals surface area (Å²) in [5.74, 6) is 0.340. The van der Waals surface area contributed by atoms with Crippen LogP contribution in [0.4, 0.5) is 5.69 Å². The molecule has 0 saturated carbocycles. The van der Waals surface area contributed by atoms with Gasteiger partial charge < -0.3 is 15.4 Å². The normalized spacial score (nSPS) is 16.8. The first-order chi connectivity index (χ1) is 9.82. The molecule has 0 unspecified atom stereocenters. The number of nitrogen functional groups attached to an aromatic ring is 1. The van der Waals surface area contributed by atoms with Crippen molar-refractivity contribution in [1.82, 2.24) is 9.21 Å². The molecule has 1 saturated heterocycles. The third-order valence-corrected chi connectivity index (χ3v) is 4.46. The van der Waals surface area contributed by atoms with Crippen molar-refractivity contribution in [2.75, 3.05) is 39.0 Å². The molecule has 4 N–H and O–H groups in total. The third-order valence-electron chi connectivity index (χ3n) is 3.37. The average Bonchev–Trinajstić information content (AvgIpc) is 2.45. The molecular formula is C12H18N4O4S. The molecule has 0 spiro atoms. The summed E-state index contributed by atoms with van der Waals surface area (Å²) in [5, 5.41) is 5.06. The lowest BCUT2D eigenvalue weighted by atomic mass is 10.1. The number of rotatable bonds is 3. The monoisotopic (exact) mass is 314 g/mol. The van der Waals surface area contributed by atoms with E-state index in [1.54, 1.807) is 23.1 Å². The third kappa shape index (κ3) is 3.43. The van der Waals surface area contributed by atoms with Crippen LogP contribution in [0.1, 0.15) is 10.4 Å². The predicted molar refractivity (Wildman–Crippen MR) is 78.0 cm³/mol. The molecule has 1 aromatic rings. The molecule has 116 valence electrons. The van der Waals surface area contributed by atoms with Gasteiger partial charge in [0.2, 0.25) is 0 Å². The Bertz CT molecular complexity index is 639. The topological polar surface area (TPSA) is 119 Å². The number of piperazine rings is 1. The Morgan fingerprint density at radius 3 is 2.33 bits per heavy atom. The van der Waals surface area contributed by atoms with E-state index in [1.165, 1.54) is 7.11 Å². The predicted octanol–water partition coefficient (Wildman–Crippen LogP) is -0.761. The maximum Gasteiger partial charge on any atom is 0.277 e. The fourth-order valence-electron chi connectivity index (χ4n) is 2.18. The molecule has 8 nitrogen and oxygen atoms in total. The number of methoxy groups -OCH3 is 1. The van der Waals surface area contributed by atoms with Crippen LogP contribution >= 0.6 is 0 Å². The average molecular weight is 314 g/mol. The van der Waals surface area contributed by atoms with Crippen molar-refractivity contribution in [2.45, 2.75) is 0 Å². The summed E-state index contributed by atoms with van der Waals surface area (Å²) in [7, 11) is -2.19. The van der Waals surface area contributed by atoms with Gasteiger partial charge >= 0.3 is 0 Å². The van der Waals surface area contributed by atoms with Crippen LogP contribution in [0.3, 0.4) is 0 Å².